The van der Waals surface area contributed by atoms with Crippen LogP contribution in [0.4, 0.5) is 0 Å². The Hall–Kier alpha value is -5.06. The highest BCUT2D eigenvalue weighted by molar-refractivity contribution is 7.47. The van der Waals surface area contributed by atoms with Crippen molar-refractivity contribution >= 4 is 39.5 Å². The molecule has 0 aromatic carbocycles. The molecule has 0 aliphatic carbocycles. The van der Waals surface area contributed by atoms with E-state index in [1.807, 2.05) is 36.5 Å². The second-order valence-electron chi connectivity index (χ2n) is 26.3. The highest BCUT2D eigenvalue weighted by Gasteiger charge is 2.30. The monoisotopic (exact) mass is 1500 g/mol. The van der Waals surface area contributed by atoms with E-state index in [1.54, 1.807) is 0 Å². The molecule has 0 radical (unpaired) electrons. The molecule has 0 saturated heterocycles. The molecule has 19 heteroatoms. The Labute approximate surface area is 630 Å². The molecular formula is C85H142O17P2. The number of phosphoric ester groups is 2. The number of rotatable bonds is 74. The van der Waals surface area contributed by atoms with Crippen molar-refractivity contribution in [3.63, 3.8) is 0 Å². The predicted octanol–water partition coefficient (Wildman–Crippen LogP) is 23.4. The zero-order valence-electron chi connectivity index (χ0n) is 64.9. The Morgan fingerprint density at radius 2 is 0.500 bits per heavy atom. The Morgan fingerprint density at radius 1 is 0.279 bits per heavy atom. The zero-order valence-corrected chi connectivity index (χ0v) is 66.7. The molecule has 5 atom stereocenters. The molecule has 104 heavy (non-hydrogen) atoms. The average molecular weight is 1500 g/mol. The number of esters is 4. The van der Waals surface area contributed by atoms with Gasteiger partial charge in [-0.1, -0.05) is 328 Å². The maximum absolute atomic E-state index is 13.1. The van der Waals surface area contributed by atoms with Crippen molar-refractivity contribution in [1.82, 2.24) is 0 Å². The normalized spacial score (nSPS) is 14.6. The average Bonchev–Trinajstić information content (AvgIpc) is 0.928. The molecule has 3 N–H and O–H groups in total. The first kappa shape index (κ1) is 98.9. The summed E-state index contributed by atoms with van der Waals surface area (Å²) in [6, 6.07) is 0. The van der Waals surface area contributed by atoms with Crippen molar-refractivity contribution in [3.05, 3.63) is 146 Å². The topological polar surface area (TPSA) is 237 Å². The molecule has 0 bridgehead atoms. The first-order chi connectivity index (χ1) is 50.7. The lowest BCUT2D eigenvalue weighted by molar-refractivity contribution is -0.161. The molecule has 0 rings (SSSR count). The van der Waals surface area contributed by atoms with Crippen LogP contribution < -0.4 is 0 Å². The van der Waals surface area contributed by atoms with Crippen molar-refractivity contribution in [2.24, 2.45) is 0 Å². The summed E-state index contributed by atoms with van der Waals surface area (Å²) in [5.74, 6) is -2.37. The first-order valence-electron chi connectivity index (χ1n) is 40.1. The van der Waals surface area contributed by atoms with Crippen molar-refractivity contribution in [1.29, 1.82) is 0 Å². The van der Waals surface area contributed by atoms with Gasteiger partial charge in [-0.05, 0) is 103 Å². The summed E-state index contributed by atoms with van der Waals surface area (Å²) in [5.41, 5.74) is 0. The number of unbranched alkanes of at least 4 members (excludes halogenated alkanes) is 24. The Balaban J connectivity index is 5.47. The van der Waals surface area contributed by atoms with Gasteiger partial charge >= 0.3 is 39.5 Å². The van der Waals surface area contributed by atoms with Crippen LogP contribution in [0, 0.1) is 0 Å². The molecule has 0 aromatic rings. The minimum Gasteiger partial charge on any atom is -0.462 e. The van der Waals surface area contributed by atoms with Crippen molar-refractivity contribution in [2.75, 3.05) is 39.6 Å². The van der Waals surface area contributed by atoms with Gasteiger partial charge in [-0.15, -0.1) is 0 Å². The second kappa shape index (κ2) is 76.1. The number of phosphoric acid groups is 2. The third-order valence-electron chi connectivity index (χ3n) is 16.4. The van der Waals surface area contributed by atoms with Gasteiger partial charge in [-0.25, -0.2) is 9.13 Å². The summed E-state index contributed by atoms with van der Waals surface area (Å²) in [5, 5.41) is 10.6. The highest BCUT2D eigenvalue weighted by Crippen LogP contribution is 2.45. The lowest BCUT2D eigenvalue weighted by Gasteiger charge is -2.21. The van der Waals surface area contributed by atoms with E-state index >= 15 is 0 Å². The molecule has 0 spiro atoms. The van der Waals surface area contributed by atoms with Crippen LogP contribution >= 0.6 is 15.6 Å². The molecular weight excluding hydrogens is 1350 g/mol. The smallest absolute Gasteiger partial charge is 0.462 e. The van der Waals surface area contributed by atoms with E-state index < -0.39 is 97.5 Å². The molecule has 0 amide bonds. The van der Waals surface area contributed by atoms with Crippen molar-refractivity contribution < 1.29 is 80.2 Å². The minimum absolute atomic E-state index is 0.0162. The Kier molecular flexibility index (Phi) is 72.4. The molecule has 0 heterocycles. The number of hydrogen-bond donors (Lipinski definition) is 3. The van der Waals surface area contributed by atoms with Crippen LogP contribution in [0.5, 0.6) is 0 Å². The second-order valence-corrected chi connectivity index (χ2v) is 29.2. The zero-order chi connectivity index (χ0) is 76.0. The van der Waals surface area contributed by atoms with Crippen LogP contribution in [-0.2, 0) is 65.4 Å². The van der Waals surface area contributed by atoms with Crippen molar-refractivity contribution in [3.8, 4) is 0 Å². The standard InChI is InChI=1S/C85H142O17P2/c1-5-9-13-17-21-25-29-32-35-37-39-41-44-47-51-54-58-62-66-70-83(88)96-76-81(102-85(90)72-68-64-60-56-52-48-45-42-40-38-36-33-30-26-22-18-14-10-6-2)78-100-104(93,94)98-74-79(86)73-97-103(91,92)99-77-80(101-84(89)71-67-63-59-55-49-28-24-20-16-12-8-4)75-95-82(87)69-65-61-57-53-50-46-43-34-31-27-23-19-15-11-7-3/h9-10,13-14,21-22,25-26,32-33,35-36,39-42,47-48,51-52,58,60,62,64,79-81,86H,5-8,11-12,15-20,23-24,27-31,34,37-38,43-46,49-50,53-57,59,61,63,65-78H2,1-4H3,(H,91,92)(H,93,94)/b13-9-,14-10-,25-21-,26-22-,35-32-,36-33-,41-39-,42-40-,51-47-,52-48-,62-58-,64-60-. The molecule has 0 fully saturated rings. The summed E-state index contributed by atoms with van der Waals surface area (Å²) >= 11 is 0. The number of aliphatic hydroxyl groups excluding tert-OH is 1. The fourth-order valence-corrected chi connectivity index (χ4v) is 11.9. The van der Waals surface area contributed by atoms with Gasteiger partial charge in [0.15, 0.2) is 12.2 Å². The predicted molar refractivity (Wildman–Crippen MR) is 427 cm³/mol. The van der Waals surface area contributed by atoms with E-state index in [-0.39, 0.29) is 25.7 Å². The molecule has 5 unspecified atom stereocenters. The summed E-state index contributed by atoms with van der Waals surface area (Å²) < 4.78 is 68.4. The molecule has 17 nitrogen and oxygen atoms in total. The number of allylic oxidation sites excluding steroid dienone is 24. The summed E-state index contributed by atoms with van der Waals surface area (Å²) in [4.78, 5) is 72.9. The number of ether oxygens (including phenoxy) is 4. The van der Waals surface area contributed by atoms with Gasteiger partial charge in [0.1, 0.15) is 19.3 Å². The Bertz CT molecular complexity index is 2540. The summed E-state index contributed by atoms with van der Waals surface area (Å²) in [6.07, 6.45) is 87.2. The first-order valence-corrected chi connectivity index (χ1v) is 43.1. The van der Waals surface area contributed by atoms with E-state index in [4.69, 9.17) is 37.0 Å². The van der Waals surface area contributed by atoms with E-state index in [9.17, 15) is 43.2 Å². The minimum atomic E-state index is -5.02. The quantitative estimate of drug-likeness (QED) is 0.0169. The molecule has 0 aliphatic rings. The lowest BCUT2D eigenvalue weighted by atomic mass is 10.0. The van der Waals surface area contributed by atoms with Crippen LogP contribution in [0.1, 0.15) is 310 Å². The maximum atomic E-state index is 13.1. The lowest BCUT2D eigenvalue weighted by Crippen LogP contribution is -2.30. The fourth-order valence-electron chi connectivity index (χ4n) is 10.3. The largest absolute Gasteiger partial charge is 0.472 e. The summed E-state index contributed by atoms with van der Waals surface area (Å²) in [7, 11) is -10.0. The van der Waals surface area contributed by atoms with Gasteiger partial charge in [0.25, 0.3) is 0 Å². The van der Waals surface area contributed by atoms with E-state index in [0.29, 0.717) is 38.5 Å². The number of carbonyl (C=O) groups excluding carboxylic acids is 4. The molecule has 0 aromatic heterocycles. The summed E-state index contributed by atoms with van der Waals surface area (Å²) in [6.45, 7) is 4.48. The number of hydrogen-bond acceptors (Lipinski definition) is 15. The molecule has 0 aliphatic heterocycles. The maximum Gasteiger partial charge on any atom is 0.472 e. The molecule has 0 saturated carbocycles. The van der Waals surface area contributed by atoms with Crippen molar-refractivity contribution in [2.45, 2.75) is 329 Å². The Morgan fingerprint density at radius 3 is 0.788 bits per heavy atom. The third-order valence-corrected chi connectivity index (χ3v) is 18.3. The van der Waals surface area contributed by atoms with Gasteiger partial charge in [0.2, 0.25) is 0 Å². The van der Waals surface area contributed by atoms with Gasteiger partial charge in [0.05, 0.1) is 26.4 Å². The third kappa shape index (κ3) is 75.2. The fraction of sp³-hybridized carbons (Fsp3) is 0.671. The molecule has 594 valence electrons. The SMILES string of the molecule is CC/C=C\C/C=C\C/C=C\C/C=C\C/C=C\C/C=C\CCC(=O)OCC(COP(=O)(O)OCC(O)COP(=O)(O)OCC(COC(=O)CCCCCCCCCCCCCCCCC)OC(=O)CCCCCCCCCCCCC)OC(=O)CC/C=C\C/C=C\C/C=C\C/C=C\C/C=C\C/C=C\CC. The van der Waals surface area contributed by atoms with Gasteiger partial charge in [0, 0.05) is 25.7 Å². The van der Waals surface area contributed by atoms with Crippen LogP contribution in [0.15, 0.2) is 146 Å². The highest BCUT2D eigenvalue weighted by atomic mass is 31.2. The van der Waals surface area contributed by atoms with E-state index in [0.717, 1.165) is 109 Å². The number of carbonyl (C=O) groups is 4. The van der Waals surface area contributed by atoms with E-state index in [1.165, 1.54) is 109 Å². The van der Waals surface area contributed by atoms with E-state index in [2.05, 4.69) is 137 Å². The number of aliphatic hydroxyl groups is 1. The van der Waals surface area contributed by atoms with Crippen LogP contribution in [0.2, 0.25) is 0 Å². The van der Waals surface area contributed by atoms with Crippen LogP contribution in [0.3, 0.4) is 0 Å². The van der Waals surface area contributed by atoms with Gasteiger partial charge in [-0.2, -0.15) is 0 Å². The van der Waals surface area contributed by atoms with Gasteiger partial charge in [-0.3, -0.25) is 37.3 Å². The van der Waals surface area contributed by atoms with Crippen LogP contribution in [0.25, 0.3) is 0 Å². The van der Waals surface area contributed by atoms with Gasteiger partial charge < -0.3 is 33.8 Å². The van der Waals surface area contributed by atoms with Crippen LogP contribution in [-0.4, -0.2) is 96.7 Å².